The summed E-state index contributed by atoms with van der Waals surface area (Å²) in [6, 6.07) is 76.9. The molecule has 0 saturated carbocycles. The molecule has 2 heterocycles. The first-order chi connectivity index (χ1) is 27.3. The monoisotopic (exact) mass is 701 g/mol. The number of aromatic nitrogens is 1. The van der Waals surface area contributed by atoms with Gasteiger partial charge in [-0.3, -0.25) is 0 Å². The van der Waals surface area contributed by atoms with Crippen molar-refractivity contribution in [2.45, 2.75) is 0 Å². The molecule has 0 radical (unpaired) electrons. The highest BCUT2D eigenvalue weighted by atomic mass is 15.2. The Morgan fingerprint density at radius 2 is 0.945 bits per heavy atom. The zero-order valence-electron chi connectivity index (χ0n) is 30.0. The summed E-state index contributed by atoms with van der Waals surface area (Å²) < 4.78 is 2.38. The summed E-state index contributed by atoms with van der Waals surface area (Å²) in [6.45, 7) is 0. The number of hydrogen-bond acceptors (Lipinski definition) is 2. The highest BCUT2D eigenvalue weighted by Gasteiger charge is 2.28. The molecule has 3 heteroatoms. The van der Waals surface area contributed by atoms with Gasteiger partial charge in [-0.05, 0) is 95.6 Å². The number of hydrogen-bond donors (Lipinski definition) is 0. The van der Waals surface area contributed by atoms with Crippen LogP contribution >= 0.6 is 0 Å². The molecular formula is C52H35N3. The molecule has 1 aliphatic heterocycles. The predicted molar refractivity (Wildman–Crippen MR) is 232 cm³/mol. The van der Waals surface area contributed by atoms with Crippen molar-refractivity contribution in [3.8, 4) is 27.9 Å². The van der Waals surface area contributed by atoms with E-state index in [1.54, 1.807) is 0 Å². The molecule has 0 atom stereocenters. The number of benzene rings is 9. The van der Waals surface area contributed by atoms with Gasteiger partial charge in [0, 0.05) is 49.9 Å². The van der Waals surface area contributed by atoms with E-state index in [4.69, 9.17) is 0 Å². The van der Waals surface area contributed by atoms with E-state index in [1.807, 2.05) is 0 Å². The Kier molecular flexibility index (Phi) is 7.17. The topological polar surface area (TPSA) is 11.4 Å². The van der Waals surface area contributed by atoms with Crippen molar-refractivity contribution in [1.29, 1.82) is 0 Å². The lowest BCUT2D eigenvalue weighted by Crippen LogP contribution is -2.16. The number of anilines is 6. The number of fused-ring (bicyclic) bond motifs is 5. The smallest absolute Gasteiger partial charge is 0.0547 e. The Labute approximate surface area is 320 Å². The molecule has 0 saturated heterocycles. The van der Waals surface area contributed by atoms with Crippen LogP contribution in [-0.4, -0.2) is 4.57 Å². The largest absolute Gasteiger partial charge is 0.310 e. The maximum Gasteiger partial charge on any atom is 0.0547 e. The molecule has 0 N–H and O–H groups in total. The fourth-order valence-corrected chi connectivity index (χ4v) is 8.68. The van der Waals surface area contributed by atoms with Crippen molar-refractivity contribution in [1.82, 2.24) is 4.57 Å². The van der Waals surface area contributed by atoms with E-state index in [0.29, 0.717) is 0 Å². The van der Waals surface area contributed by atoms with Crippen LogP contribution in [0.5, 0.6) is 0 Å². The molecule has 0 bridgehead atoms. The number of nitrogens with zero attached hydrogens (tertiary/aromatic N) is 3. The van der Waals surface area contributed by atoms with E-state index in [2.05, 4.69) is 227 Å². The second-order valence-corrected chi connectivity index (χ2v) is 14.2. The average Bonchev–Trinajstić information content (AvgIpc) is 3.59. The summed E-state index contributed by atoms with van der Waals surface area (Å²) in [5.74, 6) is 0. The molecule has 11 rings (SSSR count). The van der Waals surface area contributed by atoms with E-state index < -0.39 is 0 Å². The van der Waals surface area contributed by atoms with Crippen LogP contribution in [-0.2, 0) is 0 Å². The van der Waals surface area contributed by atoms with Gasteiger partial charge in [0.1, 0.15) is 0 Å². The molecule has 0 fully saturated rings. The Morgan fingerprint density at radius 1 is 0.345 bits per heavy atom. The molecule has 3 nitrogen and oxygen atoms in total. The molecule has 0 unspecified atom stereocenters. The third-order valence-electron chi connectivity index (χ3n) is 11.1. The minimum absolute atomic E-state index is 1.10. The summed E-state index contributed by atoms with van der Waals surface area (Å²) >= 11 is 0. The highest BCUT2D eigenvalue weighted by molar-refractivity contribution is 6.18. The molecule has 10 aromatic rings. The fourth-order valence-electron chi connectivity index (χ4n) is 8.68. The van der Waals surface area contributed by atoms with E-state index in [1.165, 1.54) is 66.2 Å². The summed E-state index contributed by atoms with van der Waals surface area (Å²) in [7, 11) is 0. The first-order valence-electron chi connectivity index (χ1n) is 18.9. The summed E-state index contributed by atoms with van der Waals surface area (Å²) in [5.41, 5.74) is 15.3. The quantitative estimate of drug-likeness (QED) is 0.171. The fraction of sp³-hybridized carbons (Fsp3) is 0. The Morgan fingerprint density at radius 3 is 1.75 bits per heavy atom. The molecule has 1 aromatic heterocycles. The third-order valence-corrected chi connectivity index (χ3v) is 11.1. The van der Waals surface area contributed by atoms with Crippen molar-refractivity contribution in [3.63, 3.8) is 0 Å². The Balaban J connectivity index is 1.17. The van der Waals surface area contributed by atoms with E-state index in [9.17, 15) is 0 Å². The number of para-hydroxylation sites is 4. The summed E-state index contributed by atoms with van der Waals surface area (Å²) in [6.07, 6.45) is 0. The molecule has 258 valence electrons. The molecular weight excluding hydrogens is 667 g/mol. The van der Waals surface area contributed by atoms with Crippen molar-refractivity contribution >= 4 is 66.7 Å². The van der Waals surface area contributed by atoms with Crippen molar-refractivity contribution in [2.75, 3.05) is 9.80 Å². The minimum atomic E-state index is 1.10. The predicted octanol–water partition coefficient (Wildman–Crippen LogP) is 14.5. The number of rotatable bonds is 6. The van der Waals surface area contributed by atoms with Crippen LogP contribution in [0.25, 0.3) is 60.5 Å². The zero-order valence-corrected chi connectivity index (χ0v) is 30.0. The highest BCUT2D eigenvalue weighted by Crippen LogP contribution is 2.53. The van der Waals surface area contributed by atoms with Crippen LogP contribution in [0.3, 0.4) is 0 Å². The van der Waals surface area contributed by atoms with Gasteiger partial charge in [0.15, 0.2) is 0 Å². The zero-order chi connectivity index (χ0) is 36.3. The van der Waals surface area contributed by atoms with Crippen LogP contribution in [0.15, 0.2) is 212 Å². The van der Waals surface area contributed by atoms with Gasteiger partial charge in [-0.15, -0.1) is 0 Å². The van der Waals surface area contributed by atoms with Crippen LogP contribution < -0.4 is 9.80 Å². The minimum Gasteiger partial charge on any atom is -0.310 e. The Hall–Kier alpha value is -7.36. The molecule has 0 spiro atoms. The van der Waals surface area contributed by atoms with E-state index in [-0.39, 0.29) is 0 Å². The lowest BCUT2D eigenvalue weighted by molar-refractivity contribution is 1.18. The standard InChI is InChI=1S/C52H35N3/c1-4-15-36(16-5-1)37-27-29-40(30-28-37)53(41-31-33-50-46(35-41)43-22-11-13-25-48(43)54(50)38-17-6-2-7-18-38)49-34-32-44-42-21-10-12-24-47(42)55(39-19-8-3-9-20-39)51-26-14-23-45(49)52(44)51/h1-35H. The molecule has 55 heavy (non-hydrogen) atoms. The normalized spacial score (nSPS) is 12.0. The second kappa shape index (κ2) is 12.6. The summed E-state index contributed by atoms with van der Waals surface area (Å²) in [5, 5.41) is 4.89. The summed E-state index contributed by atoms with van der Waals surface area (Å²) in [4.78, 5) is 4.86. The van der Waals surface area contributed by atoms with Crippen LogP contribution in [0.1, 0.15) is 0 Å². The molecule has 0 aliphatic carbocycles. The van der Waals surface area contributed by atoms with Crippen molar-refractivity contribution in [3.05, 3.63) is 212 Å². The maximum absolute atomic E-state index is 2.44. The second-order valence-electron chi connectivity index (χ2n) is 14.2. The van der Waals surface area contributed by atoms with Gasteiger partial charge in [0.05, 0.1) is 28.1 Å². The van der Waals surface area contributed by atoms with Gasteiger partial charge in [0.2, 0.25) is 0 Å². The van der Waals surface area contributed by atoms with Gasteiger partial charge in [-0.1, -0.05) is 133 Å². The Bertz CT molecular complexity index is 3020. The van der Waals surface area contributed by atoms with E-state index >= 15 is 0 Å². The van der Waals surface area contributed by atoms with Gasteiger partial charge >= 0.3 is 0 Å². The van der Waals surface area contributed by atoms with Crippen molar-refractivity contribution < 1.29 is 0 Å². The SMILES string of the molecule is c1ccc(-c2ccc(N(c3ccc4c(c3)c3ccccc3n4-c3ccccc3)c3ccc4c5c(cccc35)N(c3ccccc3)c3ccccc3-4)cc2)cc1. The first kappa shape index (κ1) is 31.2. The lowest BCUT2D eigenvalue weighted by atomic mass is 9.89. The van der Waals surface area contributed by atoms with Gasteiger partial charge in [-0.2, -0.15) is 0 Å². The average molecular weight is 702 g/mol. The maximum atomic E-state index is 2.44. The first-order valence-corrected chi connectivity index (χ1v) is 18.9. The molecule has 9 aromatic carbocycles. The van der Waals surface area contributed by atoms with Gasteiger partial charge in [0.25, 0.3) is 0 Å². The third kappa shape index (κ3) is 4.98. The van der Waals surface area contributed by atoms with Gasteiger partial charge < -0.3 is 14.4 Å². The van der Waals surface area contributed by atoms with Gasteiger partial charge in [-0.25, -0.2) is 0 Å². The van der Waals surface area contributed by atoms with Crippen molar-refractivity contribution in [2.24, 2.45) is 0 Å². The molecule has 0 amide bonds. The van der Waals surface area contributed by atoms with Crippen LogP contribution in [0.4, 0.5) is 34.1 Å². The van der Waals surface area contributed by atoms with E-state index in [0.717, 1.165) is 28.4 Å². The van der Waals surface area contributed by atoms with Crippen LogP contribution in [0.2, 0.25) is 0 Å². The van der Waals surface area contributed by atoms with Crippen LogP contribution in [0, 0.1) is 0 Å². The molecule has 1 aliphatic rings. The lowest BCUT2D eigenvalue weighted by Gasteiger charge is -2.35.